The van der Waals surface area contributed by atoms with Crippen molar-refractivity contribution in [3.8, 4) is 0 Å². The molecule has 4 rings (SSSR count). The van der Waals surface area contributed by atoms with E-state index in [1.165, 1.54) is 76.4 Å². The van der Waals surface area contributed by atoms with Crippen LogP contribution in [0.1, 0.15) is 64.7 Å². The van der Waals surface area contributed by atoms with Gasteiger partial charge in [0.15, 0.2) is 0 Å². The molecule has 2 saturated heterocycles. The SMILES string of the molecule is CCCC[PH](CCCB1C2CCCC1CCC2)(c1ccccc1)c1ccccc1. The molecule has 2 heteroatoms. The fraction of sp³-hybridized carbons (Fsp3) is 0.556. The van der Waals surface area contributed by atoms with Crippen LogP contribution in [0.2, 0.25) is 18.0 Å². The van der Waals surface area contributed by atoms with Crippen LogP contribution in [0.4, 0.5) is 0 Å². The third kappa shape index (κ3) is 4.82. The molecule has 29 heavy (non-hydrogen) atoms. The van der Waals surface area contributed by atoms with E-state index in [1.54, 1.807) is 10.6 Å². The summed E-state index contributed by atoms with van der Waals surface area (Å²) in [5, 5.41) is 3.34. The molecule has 0 atom stereocenters. The van der Waals surface area contributed by atoms with Crippen molar-refractivity contribution in [2.75, 3.05) is 12.3 Å². The summed E-state index contributed by atoms with van der Waals surface area (Å²) in [6.07, 6.45) is 17.6. The van der Waals surface area contributed by atoms with E-state index < -0.39 is 7.26 Å². The molecular weight excluding hydrogens is 366 g/mol. The van der Waals surface area contributed by atoms with Crippen molar-refractivity contribution in [3.05, 3.63) is 60.7 Å². The Bertz CT molecular complexity index is 667. The minimum atomic E-state index is -1.69. The molecule has 2 aromatic carbocycles. The van der Waals surface area contributed by atoms with Gasteiger partial charge in [0.2, 0.25) is 0 Å². The van der Waals surface area contributed by atoms with Gasteiger partial charge in [-0.3, -0.25) is 0 Å². The molecule has 2 heterocycles. The van der Waals surface area contributed by atoms with E-state index in [0.29, 0.717) is 0 Å². The molecule has 0 nitrogen and oxygen atoms in total. The number of hydrogen-bond acceptors (Lipinski definition) is 0. The van der Waals surface area contributed by atoms with Crippen molar-refractivity contribution in [2.24, 2.45) is 0 Å². The van der Waals surface area contributed by atoms with Gasteiger partial charge in [-0.1, -0.05) is 0 Å². The van der Waals surface area contributed by atoms with Crippen LogP contribution >= 0.6 is 7.26 Å². The van der Waals surface area contributed by atoms with E-state index in [1.807, 2.05) is 0 Å². The Morgan fingerprint density at radius 2 is 1.21 bits per heavy atom. The fourth-order valence-electron chi connectivity index (χ4n) is 6.79. The zero-order chi connectivity index (χ0) is 19.9. The molecule has 2 aliphatic heterocycles. The van der Waals surface area contributed by atoms with Crippen LogP contribution in [0.5, 0.6) is 0 Å². The van der Waals surface area contributed by atoms with Crippen LogP contribution in [0.15, 0.2) is 60.7 Å². The van der Waals surface area contributed by atoms with Crippen molar-refractivity contribution in [1.29, 1.82) is 0 Å². The molecule has 0 amide bonds. The molecule has 2 aliphatic rings. The normalized spacial score (nSPS) is 22.4. The summed E-state index contributed by atoms with van der Waals surface area (Å²) >= 11 is 0. The monoisotopic (exact) mass is 406 g/mol. The van der Waals surface area contributed by atoms with E-state index in [4.69, 9.17) is 0 Å². The molecule has 2 aromatic rings. The summed E-state index contributed by atoms with van der Waals surface area (Å²) in [5.74, 6) is 2.12. The molecule has 0 aromatic heterocycles. The number of fused-ring (bicyclic) bond motifs is 2. The average Bonchev–Trinajstić information content (AvgIpc) is 2.77. The van der Waals surface area contributed by atoms with Crippen LogP contribution in [0.3, 0.4) is 0 Å². The second-order valence-electron chi connectivity index (χ2n) is 9.86. The van der Waals surface area contributed by atoms with Crippen molar-refractivity contribution < 1.29 is 0 Å². The average molecular weight is 406 g/mol. The summed E-state index contributed by atoms with van der Waals surface area (Å²) in [4.78, 5) is 0. The van der Waals surface area contributed by atoms with Crippen molar-refractivity contribution in [3.63, 3.8) is 0 Å². The quantitative estimate of drug-likeness (QED) is 0.306. The van der Waals surface area contributed by atoms with Gasteiger partial charge >= 0.3 is 180 Å². The third-order valence-electron chi connectivity index (χ3n) is 8.26. The fourth-order valence-corrected chi connectivity index (χ4v) is 12.0. The zero-order valence-corrected chi connectivity index (χ0v) is 19.5. The molecule has 2 fully saturated rings. The van der Waals surface area contributed by atoms with Gasteiger partial charge in [-0.2, -0.15) is 0 Å². The zero-order valence-electron chi connectivity index (χ0n) is 18.5. The van der Waals surface area contributed by atoms with Gasteiger partial charge in [0, 0.05) is 0 Å². The molecule has 0 aliphatic carbocycles. The van der Waals surface area contributed by atoms with Gasteiger partial charge < -0.3 is 0 Å². The minimum absolute atomic E-state index is 1.04. The molecule has 0 radical (unpaired) electrons. The van der Waals surface area contributed by atoms with Crippen molar-refractivity contribution in [2.45, 2.75) is 82.7 Å². The first-order valence-electron chi connectivity index (χ1n) is 12.4. The topological polar surface area (TPSA) is 0 Å². The van der Waals surface area contributed by atoms with Gasteiger partial charge in [0.05, 0.1) is 0 Å². The van der Waals surface area contributed by atoms with Gasteiger partial charge in [0.25, 0.3) is 0 Å². The van der Waals surface area contributed by atoms with Gasteiger partial charge in [-0.25, -0.2) is 0 Å². The summed E-state index contributed by atoms with van der Waals surface area (Å²) in [7, 11) is -1.69. The van der Waals surface area contributed by atoms with Gasteiger partial charge in [0.1, 0.15) is 0 Å². The number of rotatable bonds is 9. The standard InChI is InChI=1S/C27H40BP/c1-2-3-22-29(26-17-6-4-7-18-26,27-19-8-5-9-20-27)23-12-21-28-24-13-10-14-25(28)16-11-15-24/h4-9,17-20,24-25,29H,2-3,10-16,21-23H2,1H3. The number of hydrogen-bond donors (Lipinski definition) is 0. The third-order valence-corrected chi connectivity index (χ3v) is 13.6. The first-order valence-corrected chi connectivity index (χ1v) is 14.9. The van der Waals surface area contributed by atoms with Gasteiger partial charge in [-0.15, -0.1) is 0 Å². The van der Waals surface area contributed by atoms with E-state index in [-0.39, 0.29) is 0 Å². The van der Waals surface area contributed by atoms with Crippen LogP contribution in [0, 0.1) is 0 Å². The molecule has 0 unspecified atom stereocenters. The summed E-state index contributed by atoms with van der Waals surface area (Å²) < 4.78 is 0. The van der Waals surface area contributed by atoms with Crippen LogP contribution in [0.25, 0.3) is 0 Å². The maximum absolute atomic E-state index is 2.45. The van der Waals surface area contributed by atoms with Crippen molar-refractivity contribution in [1.82, 2.24) is 0 Å². The second-order valence-corrected chi connectivity index (χ2v) is 14.2. The molecule has 0 saturated carbocycles. The Morgan fingerprint density at radius 3 is 1.69 bits per heavy atom. The molecule has 0 N–H and O–H groups in total. The predicted molar refractivity (Wildman–Crippen MR) is 135 cm³/mol. The van der Waals surface area contributed by atoms with E-state index in [0.717, 1.165) is 18.3 Å². The summed E-state index contributed by atoms with van der Waals surface area (Å²) in [6, 6.07) is 23.3. The van der Waals surface area contributed by atoms with E-state index in [9.17, 15) is 0 Å². The van der Waals surface area contributed by atoms with Gasteiger partial charge in [-0.05, 0) is 0 Å². The molecule has 156 valence electrons. The molecular formula is C27H40BP. The predicted octanol–water partition coefficient (Wildman–Crippen LogP) is 7.18. The number of unbranched alkanes of at least 4 members (excludes halogenated alkanes) is 1. The summed E-state index contributed by atoms with van der Waals surface area (Å²) in [5.41, 5.74) is 0. The van der Waals surface area contributed by atoms with Crippen LogP contribution < -0.4 is 10.6 Å². The second kappa shape index (κ2) is 10.3. The van der Waals surface area contributed by atoms with E-state index in [2.05, 4.69) is 67.6 Å². The molecule has 2 bridgehead atoms. The summed E-state index contributed by atoms with van der Waals surface area (Å²) in [6.45, 7) is 3.40. The first kappa shape index (κ1) is 21.2. The Morgan fingerprint density at radius 1 is 0.724 bits per heavy atom. The van der Waals surface area contributed by atoms with Crippen LogP contribution in [-0.4, -0.2) is 19.0 Å². The first-order chi connectivity index (χ1) is 14.3. The Balaban J connectivity index is 1.56. The maximum atomic E-state index is 2.45. The Hall–Kier alpha value is -1.07. The Kier molecular flexibility index (Phi) is 7.52. The van der Waals surface area contributed by atoms with Crippen molar-refractivity contribution >= 4 is 24.6 Å². The molecule has 0 spiro atoms. The Labute approximate surface area is 180 Å². The number of benzene rings is 2. The van der Waals surface area contributed by atoms with E-state index >= 15 is 0 Å². The van der Waals surface area contributed by atoms with Crippen LogP contribution in [-0.2, 0) is 0 Å².